The van der Waals surface area contributed by atoms with Gasteiger partial charge in [0.2, 0.25) is 5.88 Å². The number of hydrogen-bond donors (Lipinski definition) is 0. The van der Waals surface area contributed by atoms with Crippen LogP contribution in [0.25, 0.3) is 0 Å². The molecular formula is C16H19ClN2O. The van der Waals surface area contributed by atoms with E-state index in [1.165, 1.54) is 0 Å². The molecule has 20 heavy (non-hydrogen) atoms. The van der Waals surface area contributed by atoms with Crippen LogP contribution in [0.4, 0.5) is 0 Å². The van der Waals surface area contributed by atoms with E-state index >= 15 is 0 Å². The van der Waals surface area contributed by atoms with Crippen LogP contribution in [0.3, 0.4) is 0 Å². The first kappa shape index (κ1) is 14.8. The summed E-state index contributed by atoms with van der Waals surface area (Å²) in [6.45, 7) is 8.04. The summed E-state index contributed by atoms with van der Waals surface area (Å²) in [5, 5.41) is 0.452. The van der Waals surface area contributed by atoms with Gasteiger partial charge in [-0.25, -0.2) is 4.98 Å². The summed E-state index contributed by atoms with van der Waals surface area (Å²) < 4.78 is 5.97. The molecule has 0 aliphatic rings. The molecule has 0 fully saturated rings. The summed E-state index contributed by atoms with van der Waals surface area (Å²) in [5.74, 6) is 2.26. The number of para-hydroxylation sites is 1. The van der Waals surface area contributed by atoms with Gasteiger partial charge in [0.1, 0.15) is 16.7 Å². The molecule has 0 N–H and O–H groups in total. The number of nitrogens with zero attached hydrogens (tertiary/aromatic N) is 2. The van der Waals surface area contributed by atoms with Crippen LogP contribution in [0.15, 0.2) is 24.3 Å². The Labute approximate surface area is 125 Å². The van der Waals surface area contributed by atoms with Crippen molar-refractivity contribution in [1.82, 2.24) is 9.97 Å². The predicted octanol–water partition coefficient (Wildman–Crippen LogP) is 4.92. The van der Waals surface area contributed by atoms with Crippen molar-refractivity contribution in [2.24, 2.45) is 0 Å². The Balaban J connectivity index is 2.42. The fraction of sp³-hybridized carbons (Fsp3) is 0.375. The second-order valence-corrected chi connectivity index (χ2v) is 5.38. The van der Waals surface area contributed by atoms with Gasteiger partial charge in [0, 0.05) is 11.5 Å². The van der Waals surface area contributed by atoms with E-state index < -0.39 is 0 Å². The molecule has 0 spiro atoms. The molecule has 1 aromatic heterocycles. The van der Waals surface area contributed by atoms with E-state index in [0.717, 1.165) is 23.3 Å². The lowest BCUT2D eigenvalue weighted by Crippen LogP contribution is -2.03. The maximum atomic E-state index is 6.17. The molecule has 2 rings (SSSR count). The fourth-order valence-electron chi connectivity index (χ4n) is 1.84. The lowest BCUT2D eigenvalue weighted by molar-refractivity contribution is 0.447. The van der Waals surface area contributed by atoms with Crippen molar-refractivity contribution in [3.8, 4) is 11.6 Å². The predicted molar refractivity (Wildman–Crippen MR) is 81.8 cm³/mol. The molecule has 1 heterocycles. The average Bonchev–Trinajstić information content (AvgIpc) is 2.44. The summed E-state index contributed by atoms with van der Waals surface area (Å²) in [6, 6.07) is 7.96. The first-order chi connectivity index (χ1) is 9.52. The lowest BCUT2D eigenvalue weighted by Gasteiger charge is -2.13. The minimum absolute atomic E-state index is 0.205. The van der Waals surface area contributed by atoms with Gasteiger partial charge >= 0.3 is 0 Å². The molecule has 0 atom stereocenters. The number of aromatic nitrogens is 2. The molecule has 0 saturated heterocycles. The van der Waals surface area contributed by atoms with Crippen molar-refractivity contribution in [1.29, 1.82) is 0 Å². The average molecular weight is 291 g/mol. The van der Waals surface area contributed by atoms with Gasteiger partial charge in [-0.2, -0.15) is 4.98 Å². The normalized spacial score (nSPS) is 10.9. The molecule has 0 aliphatic carbocycles. The smallest absolute Gasteiger partial charge is 0.227 e. The van der Waals surface area contributed by atoms with E-state index in [-0.39, 0.29) is 5.92 Å². The first-order valence-electron chi connectivity index (χ1n) is 6.82. The molecule has 0 bridgehead atoms. The SMILES string of the molecule is CCc1ccccc1Oc1nc(C(C)C)nc(Cl)c1C. The standard InChI is InChI=1S/C16H19ClN2O/c1-5-12-8-6-7-9-13(12)20-16-11(4)14(17)18-15(19-16)10(2)3/h6-10H,5H2,1-4H3. The van der Waals surface area contributed by atoms with E-state index in [0.29, 0.717) is 16.9 Å². The summed E-state index contributed by atoms with van der Waals surface area (Å²) in [4.78, 5) is 8.78. The minimum Gasteiger partial charge on any atom is -0.438 e. The van der Waals surface area contributed by atoms with E-state index in [2.05, 4.69) is 23.0 Å². The highest BCUT2D eigenvalue weighted by atomic mass is 35.5. The summed E-state index contributed by atoms with van der Waals surface area (Å²) >= 11 is 6.17. The molecule has 0 aliphatic heterocycles. The number of halogens is 1. The van der Waals surface area contributed by atoms with E-state index in [9.17, 15) is 0 Å². The molecule has 0 saturated carbocycles. The van der Waals surface area contributed by atoms with Crippen molar-refractivity contribution in [2.75, 3.05) is 0 Å². The third-order valence-electron chi connectivity index (χ3n) is 3.14. The highest BCUT2D eigenvalue weighted by Crippen LogP contribution is 2.30. The molecule has 3 nitrogen and oxygen atoms in total. The van der Waals surface area contributed by atoms with Gasteiger partial charge in [0.05, 0.1) is 0 Å². The Morgan fingerprint density at radius 2 is 1.90 bits per heavy atom. The van der Waals surface area contributed by atoms with Crippen molar-refractivity contribution >= 4 is 11.6 Å². The molecule has 0 radical (unpaired) electrons. The van der Waals surface area contributed by atoms with Crippen LogP contribution in [0, 0.1) is 6.92 Å². The summed E-state index contributed by atoms with van der Waals surface area (Å²) in [7, 11) is 0. The number of rotatable bonds is 4. The van der Waals surface area contributed by atoms with Crippen LogP contribution in [-0.4, -0.2) is 9.97 Å². The Hall–Kier alpha value is -1.61. The van der Waals surface area contributed by atoms with Gasteiger partial charge in [-0.1, -0.05) is 50.6 Å². The monoisotopic (exact) mass is 290 g/mol. The Bertz CT molecular complexity index is 611. The third kappa shape index (κ3) is 3.10. The van der Waals surface area contributed by atoms with Crippen LogP contribution < -0.4 is 4.74 Å². The van der Waals surface area contributed by atoms with Gasteiger partial charge in [-0.05, 0) is 25.0 Å². The quantitative estimate of drug-likeness (QED) is 0.750. The zero-order chi connectivity index (χ0) is 14.7. The largest absolute Gasteiger partial charge is 0.438 e. The Kier molecular flexibility index (Phi) is 4.61. The summed E-state index contributed by atoms with van der Waals surface area (Å²) in [6.07, 6.45) is 0.908. The zero-order valence-corrected chi connectivity index (χ0v) is 13.0. The maximum absolute atomic E-state index is 6.17. The van der Waals surface area contributed by atoms with Gasteiger partial charge in [-0.3, -0.25) is 0 Å². The van der Waals surface area contributed by atoms with Crippen molar-refractivity contribution in [3.05, 3.63) is 46.4 Å². The second kappa shape index (κ2) is 6.23. The van der Waals surface area contributed by atoms with Crippen molar-refractivity contribution in [2.45, 2.75) is 40.0 Å². The van der Waals surface area contributed by atoms with E-state index in [1.807, 2.05) is 39.0 Å². The fourth-order valence-corrected chi connectivity index (χ4v) is 2.01. The Morgan fingerprint density at radius 3 is 2.55 bits per heavy atom. The van der Waals surface area contributed by atoms with Gasteiger partial charge < -0.3 is 4.74 Å². The van der Waals surface area contributed by atoms with Crippen LogP contribution in [-0.2, 0) is 6.42 Å². The molecule has 0 amide bonds. The first-order valence-corrected chi connectivity index (χ1v) is 7.20. The van der Waals surface area contributed by atoms with Gasteiger partial charge in [0.25, 0.3) is 0 Å². The molecule has 2 aromatic rings. The zero-order valence-electron chi connectivity index (χ0n) is 12.3. The topological polar surface area (TPSA) is 35.0 Å². The maximum Gasteiger partial charge on any atom is 0.227 e. The Morgan fingerprint density at radius 1 is 1.20 bits per heavy atom. The second-order valence-electron chi connectivity index (χ2n) is 5.02. The van der Waals surface area contributed by atoms with Crippen molar-refractivity contribution in [3.63, 3.8) is 0 Å². The van der Waals surface area contributed by atoms with Gasteiger partial charge in [0.15, 0.2) is 0 Å². The highest BCUT2D eigenvalue weighted by Gasteiger charge is 2.14. The minimum atomic E-state index is 0.205. The van der Waals surface area contributed by atoms with E-state index in [4.69, 9.17) is 16.3 Å². The molecule has 1 aromatic carbocycles. The molecular weight excluding hydrogens is 272 g/mol. The van der Waals surface area contributed by atoms with Gasteiger partial charge in [-0.15, -0.1) is 0 Å². The molecule has 0 unspecified atom stereocenters. The van der Waals surface area contributed by atoms with Crippen LogP contribution >= 0.6 is 11.6 Å². The molecule has 106 valence electrons. The number of hydrogen-bond acceptors (Lipinski definition) is 3. The van der Waals surface area contributed by atoms with Crippen LogP contribution in [0.1, 0.15) is 43.6 Å². The number of aryl methyl sites for hydroxylation is 1. The van der Waals surface area contributed by atoms with Crippen LogP contribution in [0.5, 0.6) is 11.6 Å². The lowest BCUT2D eigenvalue weighted by atomic mass is 10.1. The summed E-state index contributed by atoms with van der Waals surface area (Å²) in [5.41, 5.74) is 1.91. The van der Waals surface area contributed by atoms with E-state index in [1.54, 1.807) is 0 Å². The number of ether oxygens (including phenoxy) is 1. The van der Waals surface area contributed by atoms with Crippen LogP contribution in [0.2, 0.25) is 5.15 Å². The molecule has 4 heteroatoms. The third-order valence-corrected chi connectivity index (χ3v) is 3.50. The highest BCUT2D eigenvalue weighted by molar-refractivity contribution is 6.30. The van der Waals surface area contributed by atoms with Crippen molar-refractivity contribution < 1.29 is 4.74 Å². The number of benzene rings is 1.